The maximum Gasteiger partial charge on any atom is 0.216 e. The second-order valence-corrected chi connectivity index (χ2v) is 7.96. The number of sulfonamides is 1. The molecule has 23 heavy (non-hydrogen) atoms. The van der Waals surface area contributed by atoms with Crippen molar-refractivity contribution in [1.29, 1.82) is 0 Å². The highest BCUT2D eigenvalue weighted by Gasteiger charge is 2.19. The van der Waals surface area contributed by atoms with Gasteiger partial charge in [-0.25, -0.2) is 13.1 Å². The van der Waals surface area contributed by atoms with Gasteiger partial charge >= 0.3 is 0 Å². The number of rotatable bonds is 6. The molecule has 0 unspecified atom stereocenters. The van der Waals surface area contributed by atoms with E-state index < -0.39 is 10.0 Å². The fraction of sp³-hybridized carbons (Fsp3) is 0.294. The third kappa shape index (κ3) is 4.95. The Morgan fingerprint density at radius 1 is 1.04 bits per heavy atom. The molecule has 0 saturated carbocycles. The van der Waals surface area contributed by atoms with Crippen molar-refractivity contribution in [2.24, 2.45) is 0 Å². The second kappa shape index (κ2) is 7.67. The summed E-state index contributed by atoms with van der Waals surface area (Å²) < 4.78 is 27.4. The molecule has 2 aromatic rings. The minimum Gasteiger partial charge on any atom is -0.212 e. The Morgan fingerprint density at radius 3 is 2.13 bits per heavy atom. The molecule has 0 saturated heterocycles. The predicted octanol–water partition coefficient (Wildman–Crippen LogP) is 4.74. The monoisotopic (exact) mass is 371 g/mol. The molecule has 2 aromatic carbocycles. The molecule has 3 nitrogen and oxygen atoms in total. The molecule has 0 spiro atoms. The first-order valence-electron chi connectivity index (χ1n) is 7.34. The zero-order valence-electron chi connectivity index (χ0n) is 13.0. The van der Waals surface area contributed by atoms with Crippen molar-refractivity contribution in [3.05, 3.63) is 69.2 Å². The topological polar surface area (TPSA) is 46.2 Å². The SMILES string of the molecule is CCc1ccc([C@@H](C)NS(=O)(=O)Cc2c(Cl)cccc2Cl)cc1. The highest BCUT2D eigenvalue weighted by atomic mass is 35.5. The Kier molecular flexibility index (Phi) is 6.09. The zero-order chi connectivity index (χ0) is 17.0. The second-order valence-electron chi connectivity index (χ2n) is 5.39. The van der Waals surface area contributed by atoms with E-state index >= 15 is 0 Å². The van der Waals surface area contributed by atoms with Crippen LogP contribution in [0.3, 0.4) is 0 Å². The first-order chi connectivity index (χ1) is 10.8. The van der Waals surface area contributed by atoms with E-state index in [1.165, 1.54) is 5.56 Å². The van der Waals surface area contributed by atoms with E-state index in [-0.39, 0.29) is 11.8 Å². The predicted molar refractivity (Wildman–Crippen MR) is 96.5 cm³/mol. The van der Waals surface area contributed by atoms with Crippen LogP contribution >= 0.6 is 23.2 Å². The molecule has 1 atom stereocenters. The van der Waals surface area contributed by atoms with E-state index in [0.29, 0.717) is 15.6 Å². The van der Waals surface area contributed by atoms with Gasteiger partial charge < -0.3 is 0 Å². The molecule has 0 fully saturated rings. The van der Waals surface area contributed by atoms with Crippen LogP contribution in [0, 0.1) is 0 Å². The fourth-order valence-electron chi connectivity index (χ4n) is 2.28. The van der Waals surface area contributed by atoms with Crippen LogP contribution < -0.4 is 4.72 Å². The lowest BCUT2D eigenvalue weighted by Gasteiger charge is -2.16. The fourth-order valence-corrected chi connectivity index (χ4v) is 4.42. The van der Waals surface area contributed by atoms with Gasteiger partial charge in [0, 0.05) is 21.7 Å². The normalized spacial score (nSPS) is 13.0. The van der Waals surface area contributed by atoms with Crippen LogP contribution in [0.1, 0.15) is 36.6 Å². The largest absolute Gasteiger partial charge is 0.216 e. The molecular formula is C17H19Cl2NO2S. The van der Waals surface area contributed by atoms with E-state index in [9.17, 15) is 8.42 Å². The highest BCUT2D eigenvalue weighted by molar-refractivity contribution is 7.88. The third-order valence-electron chi connectivity index (χ3n) is 3.64. The Morgan fingerprint density at radius 2 is 1.61 bits per heavy atom. The molecule has 2 rings (SSSR count). The van der Waals surface area contributed by atoms with Gasteiger partial charge in [-0.15, -0.1) is 0 Å². The van der Waals surface area contributed by atoms with Crippen molar-refractivity contribution in [1.82, 2.24) is 4.72 Å². The summed E-state index contributed by atoms with van der Waals surface area (Å²) in [5.41, 5.74) is 2.54. The average molecular weight is 372 g/mol. The molecular weight excluding hydrogens is 353 g/mol. The number of nitrogens with one attached hydrogen (secondary N) is 1. The smallest absolute Gasteiger partial charge is 0.212 e. The number of hydrogen-bond donors (Lipinski definition) is 1. The third-order valence-corrected chi connectivity index (χ3v) is 5.73. The number of hydrogen-bond acceptors (Lipinski definition) is 2. The maximum atomic E-state index is 12.4. The lowest BCUT2D eigenvalue weighted by atomic mass is 10.1. The van der Waals surface area contributed by atoms with Crippen LogP contribution in [0.2, 0.25) is 10.0 Å². The quantitative estimate of drug-likeness (QED) is 0.796. The van der Waals surface area contributed by atoms with Gasteiger partial charge in [0.1, 0.15) is 0 Å². The molecule has 0 aliphatic rings. The van der Waals surface area contributed by atoms with Crippen LogP contribution in [0.4, 0.5) is 0 Å². The van der Waals surface area contributed by atoms with Crippen LogP contribution in [-0.2, 0) is 22.2 Å². The molecule has 0 heterocycles. The van der Waals surface area contributed by atoms with E-state index in [4.69, 9.17) is 23.2 Å². The summed E-state index contributed by atoms with van der Waals surface area (Å²) in [6, 6.07) is 12.5. The minimum atomic E-state index is -3.56. The van der Waals surface area contributed by atoms with Crippen LogP contribution in [0.5, 0.6) is 0 Å². The molecule has 0 aromatic heterocycles. The standard InChI is InChI=1S/C17H19Cl2NO2S/c1-3-13-7-9-14(10-8-13)12(2)20-23(21,22)11-15-16(18)5-4-6-17(15)19/h4-10,12,20H,3,11H2,1-2H3/t12-/m1/s1. The van der Waals surface area contributed by atoms with Gasteiger partial charge in [-0.05, 0) is 36.6 Å². The van der Waals surface area contributed by atoms with Crippen molar-refractivity contribution >= 4 is 33.2 Å². The van der Waals surface area contributed by atoms with Gasteiger partial charge in [0.2, 0.25) is 10.0 Å². The Balaban J connectivity index is 2.13. The van der Waals surface area contributed by atoms with Gasteiger partial charge in [-0.2, -0.15) is 0 Å². The summed E-state index contributed by atoms with van der Waals surface area (Å²) in [7, 11) is -3.56. The van der Waals surface area contributed by atoms with Crippen molar-refractivity contribution < 1.29 is 8.42 Å². The van der Waals surface area contributed by atoms with Crippen LogP contribution in [0.25, 0.3) is 0 Å². The van der Waals surface area contributed by atoms with Gasteiger partial charge in [-0.3, -0.25) is 0 Å². The average Bonchev–Trinajstić information content (AvgIpc) is 2.51. The summed E-state index contributed by atoms with van der Waals surface area (Å²) in [6.45, 7) is 3.89. The van der Waals surface area contributed by atoms with Crippen molar-refractivity contribution in [3.63, 3.8) is 0 Å². The lowest BCUT2D eigenvalue weighted by molar-refractivity contribution is 0.566. The summed E-state index contributed by atoms with van der Waals surface area (Å²) in [6.07, 6.45) is 0.950. The summed E-state index contributed by atoms with van der Waals surface area (Å²) in [5, 5.41) is 0.700. The van der Waals surface area contributed by atoms with E-state index in [1.54, 1.807) is 18.2 Å². The van der Waals surface area contributed by atoms with Crippen molar-refractivity contribution in [3.8, 4) is 0 Å². The maximum absolute atomic E-state index is 12.4. The molecule has 1 N–H and O–H groups in total. The molecule has 0 amide bonds. The summed E-state index contributed by atoms with van der Waals surface area (Å²) >= 11 is 12.1. The molecule has 124 valence electrons. The van der Waals surface area contributed by atoms with Crippen molar-refractivity contribution in [2.45, 2.75) is 32.1 Å². The van der Waals surface area contributed by atoms with Gasteiger partial charge in [0.05, 0.1) is 5.75 Å². The number of aryl methyl sites for hydroxylation is 1. The Bertz CT molecular complexity index is 753. The minimum absolute atomic E-state index is 0.247. The Labute approximate surface area is 147 Å². The van der Waals surface area contributed by atoms with Crippen molar-refractivity contribution in [2.75, 3.05) is 0 Å². The summed E-state index contributed by atoms with van der Waals surface area (Å²) in [5.74, 6) is -0.247. The Hall–Kier alpha value is -1.07. The molecule has 0 radical (unpaired) electrons. The number of halogens is 2. The van der Waals surface area contributed by atoms with Gasteiger partial charge in [-0.1, -0.05) is 60.5 Å². The highest BCUT2D eigenvalue weighted by Crippen LogP contribution is 2.26. The molecule has 6 heteroatoms. The van der Waals surface area contributed by atoms with Gasteiger partial charge in [0.25, 0.3) is 0 Å². The summed E-state index contributed by atoms with van der Waals surface area (Å²) in [4.78, 5) is 0. The first kappa shape index (κ1) is 18.3. The van der Waals surface area contributed by atoms with Gasteiger partial charge in [0.15, 0.2) is 0 Å². The number of benzene rings is 2. The van der Waals surface area contributed by atoms with E-state index in [0.717, 1.165) is 12.0 Å². The first-order valence-corrected chi connectivity index (χ1v) is 9.75. The zero-order valence-corrected chi connectivity index (χ0v) is 15.3. The lowest BCUT2D eigenvalue weighted by Crippen LogP contribution is -2.28. The van der Waals surface area contributed by atoms with Crippen LogP contribution in [0.15, 0.2) is 42.5 Å². The molecule has 0 aliphatic heterocycles. The van der Waals surface area contributed by atoms with E-state index in [1.807, 2.05) is 31.2 Å². The molecule has 0 bridgehead atoms. The molecule has 0 aliphatic carbocycles. The van der Waals surface area contributed by atoms with E-state index in [2.05, 4.69) is 11.6 Å². The van der Waals surface area contributed by atoms with Crippen LogP contribution in [-0.4, -0.2) is 8.42 Å².